The lowest BCUT2D eigenvalue weighted by Crippen LogP contribution is -1.95. The Morgan fingerprint density at radius 2 is 2.22 bits per heavy atom. The second-order valence-corrected chi connectivity index (χ2v) is 4.50. The summed E-state index contributed by atoms with van der Waals surface area (Å²) in [6, 6.07) is 7.29. The molecule has 0 unspecified atom stereocenters. The van der Waals surface area contributed by atoms with Crippen molar-refractivity contribution in [2.45, 2.75) is 0 Å². The van der Waals surface area contributed by atoms with Gasteiger partial charge in [0.15, 0.2) is 5.76 Å². The molecule has 0 bridgehead atoms. The van der Waals surface area contributed by atoms with Crippen molar-refractivity contribution in [2.24, 2.45) is 0 Å². The summed E-state index contributed by atoms with van der Waals surface area (Å²) in [6.07, 6.45) is 1.15. The first-order valence-electron chi connectivity index (χ1n) is 5.03. The van der Waals surface area contributed by atoms with Crippen LogP contribution in [0.2, 0.25) is 0 Å². The lowest BCUT2D eigenvalue weighted by molar-refractivity contribution is 0.0697. The third kappa shape index (κ3) is 1.62. The fourth-order valence-electron chi connectivity index (χ4n) is 1.71. The number of carboxylic acids is 1. The molecular formula is C12H6BrNO4. The van der Waals surface area contributed by atoms with E-state index >= 15 is 0 Å². The van der Waals surface area contributed by atoms with Gasteiger partial charge in [0.25, 0.3) is 0 Å². The molecular weight excluding hydrogens is 302 g/mol. The highest BCUT2D eigenvalue weighted by atomic mass is 79.9. The van der Waals surface area contributed by atoms with Gasteiger partial charge in [-0.25, -0.2) is 4.79 Å². The predicted octanol–water partition coefficient (Wildman–Crippen LogP) is 3.55. The van der Waals surface area contributed by atoms with E-state index in [4.69, 9.17) is 14.0 Å². The monoisotopic (exact) mass is 307 g/mol. The van der Waals surface area contributed by atoms with Crippen LogP contribution in [0.4, 0.5) is 0 Å². The maximum atomic E-state index is 11.0. The summed E-state index contributed by atoms with van der Waals surface area (Å²) < 4.78 is 11.3. The minimum absolute atomic E-state index is 0.0230. The van der Waals surface area contributed by atoms with Gasteiger partial charge in [-0.3, -0.25) is 0 Å². The molecule has 2 aromatic heterocycles. The zero-order valence-corrected chi connectivity index (χ0v) is 10.5. The van der Waals surface area contributed by atoms with Gasteiger partial charge in [-0.05, 0) is 28.1 Å². The van der Waals surface area contributed by atoms with Gasteiger partial charge in [-0.15, -0.1) is 0 Å². The number of rotatable bonds is 2. The Kier molecular flexibility index (Phi) is 2.45. The van der Waals surface area contributed by atoms with Crippen LogP contribution in [0.25, 0.3) is 22.5 Å². The molecule has 90 valence electrons. The van der Waals surface area contributed by atoms with Gasteiger partial charge in [0, 0.05) is 5.39 Å². The average Bonchev–Trinajstić information content (AvgIpc) is 2.95. The van der Waals surface area contributed by atoms with Crippen LogP contribution in [0.5, 0.6) is 0 Å². The van der Waals surface area contributed by atoms with Crippen LogP contribution in [0, 0.1) is 0 Å². The van der Waals surface area contributed by atoms with E-state index in [0.29, 0.717) is 11.3 Å². The van der Waals surface area contributed by atoms with Crippen LogP contribution in [0.3, 0.4) is 0 Å². The zero-order valence-electron chi connectivity index (χ0n) is 8.88. The first kappa shape index (κ1) is 11.0. The second kappa shape index (κ2) is 3.99. The Balaban J connectivity index is 2.23. The largest absolute Gasteiger partial charge is 0.477 e. The molecule has 0 saturated carbocycles. The summed E-state index contributed by atoms with van der Waals surface area (Å²) in [4.78, 5) is 11.0. The number of para-hydroxylation sites is 1. The molecule has 6 heteroatoms. The quantitative estimate of drug-likeness (QED) is 0.783. The van der Waals surface area contributed by atoms with Crippen molar-refractivity contribution in [2.75, 3.05) is 0 Å². The number of fused-ring (bicyclic) bond motifs is 1. The molecule has 1 N–H and O–H groups in total. The molecule has 5 nitrogen and oxygen atoms in total. The highest BCUT2D eigenvalue weighted by Crippen LogP contribution is 2.33. The van der Waals surface area contributed by atoms with E-state index < -0.39 is 5.97 Å². The molecule has 0 radical (unpaired) electrons. The van der Waals surface area contributed by atoms with E-state index in [1.54, 1.807) is 6.07 Å². The van der Waals surface area contributed by atoms with Crippen LogP contribution in [0.1, 0.15) is 10.4 Å². The van der Waals surface area contributed by atoms with Crippen LogP contribution < -0.4 is 0 Å². The Morgan fingerprint density at radius 1 is 1.39 bits per heavy atom. The van der Waals surface area contributed by atoms with Crippen molar-refractivity contribution in [3.05, 3.63) is 40.5 Å². The maximum absolute atomic E-state index is 11.0. The Labute approximate surface area is 109 Å². The van der Waals surface area contributed by atoms with E-state index in [9.17, 15) is 4.79 Å². The molecule has 0 atom stereocenters. The highest BCUT2D eigenvalue weighted by Gasteiger charge is 2.20. The fraction of sp³-hybridized carbons (Fsp3) is 0. The van der Waals surface area contributed by atoms with E-state index in [0.717, 1.165) is 16.1 Å². The number of aromatic nitrogens is 1. The molecule has 3 aromatic rings. The minimum Gasteiger partial charge on any atom is -0.477 e. The maximum Gasteiger partial charge on any atom is 0.341 e. The highest BCUT2D eigenvalue weighted by molar-refractivity contribution is 9.10. The van der Waals surface area contributed by atoms with Crippen LogP contribution in [-0.2, 0) is 0 Å². The van der Waals surface area contributed by atoms with Crippen LogP contribution >= 0.6 is 15.9 Å². The van der Waals surface area contributed by atoms with Gasteiger partial charge in [0.05, 0.1) is 10.7 Å². The number of hydrogen-bond donors (Lipinski definition) is 1. The molecule has 0 aliphatic carbocycles. The van der Waals surface area contributed by atoms with Gasteiger partial charge in [0.1, 0.15) is 11.1 Å². The van der Waals surface area contributed by atoms with Crippen molar-refractivity contribution < 1.29 is 18.8 Å². The van der Waals surface area contributed by atoms with Gasteiger partial charge >= 0.3 is 5.97 Å². The summed E-state index contributed by atoms with van der Waals surface area (Å²) >= 11 is 3.36. The molecule has 0 aliphatic rings. The Morgan fingerprint density at radius 3 is 2.94 bits per heavy atom. The Hall–Kier alpha value is -2.08. The molecule has 0 aliphatic heterocycles. The molecule has 1 aromatic carbocycles. The number of aromatic carboxylic acids is 1. The average molecular weight is 308 g/mol. The van der Waals surface area contributed by atoms with Gasteiger partial charge in [-0.1, -0.05) is 17.3 Å². The smallest absolute Gasteiger partial charge is 0.341 e. The fourth-order valence-corrected chi connectivity index (χ4v) is 2.17. The first-order chi connectivity index (χ1) is 8.66. The number of benzene rings is 1. The zero-order chi connectivity index (χ0) is 12.7. The Bertz CT molecular complexity index is 743. The first-order valence-corrected chi connectivity index (χ1v) is 5.82. The number of carboxylic acid groups (broad SMARTS) is 1. The molecule has 0 saturated heterocycles. The summed E-state index contributed by atoms with van der Waals surface area (Å²) in [5.74, 6) is -0.650. The van der Waals surface area contributed by atoms with E-state index in [-0.39, 0.29) is 11.3 Å². The summed E-state index contributed by atoms with van der Waals surface area (Å²) in [5, 5.41) is 13.3. The number of halogens is 1. The molecule has 0 fully saturated rings. The summed E-state index contributed by atoms with van der Waals surface area (Å²) in [5.41, 5.74) is 0.616. The molecule has 0 amide bonds. The summed E-state index contributed by atoms with van der Waals surface area (Å²) in [6.45, 7) is 0. The lowest BCUT2D eigenvalue weighted by Gasteiger charge is -1.92. The van der Waals surface area contributed by atoms with Crippen molar-refractivity contribution in [3.63, 3.8) is 0 Å². The van der Waals surface area contributed by atoms with Crippen molar-refractivity contribution >= 4 is 32.9 Å². The molecule has 2 heterocycles. The van der Waals surface area contributed by atoms with E-state index in [2.05, 4.69) is 21.1 Å². The molecule has 3 rings (SSSR count). The van der Waals surface area contributed by atoms with Gasteiger partial charge in [0.2, 0.25) is 5.76 Å². The molecule has 0 spiro atoms. The van der Waals surface area contributed by atoms with Gasteiger partial charge < -0.3 is 14.0 Å². The number of carbonyl (C=O) groups is 1. The number of nitrogens with zero attached hydrogens (tertiary/aromatic N) is 1. The van der Waals surface area contributed by atoms with Crippen LogP contribution in [-0.4, -0.2) is 16.2 Å². The van der Waals surface area contributed by atoms with Crippen molar-refractivity contribution in [1.29, 1.82) is 0 Å². The second-order valence-electron chi connectivity index (χ2n) is 3.64. The van der Waals surface area contributed by atoms with E-state index in [1.807, 2.05) is 18.2 Å². The minimum atomic E-state index is -1.11. The van der Waals surface area contributed by atoms with E-state index in [1.165, 1.54) is 0 Å². The third-order valence-corrected chi connectivity index (χ3v) is 3.15. The standard InChI is InChI=1S/C12H6BrNO4/c13-8-3-1-2-6-4-9(17-10(6)8)11-7(12(15)16)5-14-18-11/h1-5H,(H,15,16). The molecule has 18 heavy (non-hydrogen) atoms. The third-order valence-electron chi connectivity index (χ3n) is 2.52. The van der Waals surface area contributed by atoms with Gasteiger partial charge in [-0.2, -0.15) is 0 Å². The SMILES string of the molecule is O=C(O)c1cnoc1-c1cc2cccc(Br)c2o1. The topological polar surface area (TPSA) is 76.5 Å². The predicted molar refractivity (Wildman–Crippen MR) is 66.4 cm³/mol. The number of hydrogen-bond acceptors (Lipinski definition) is 4. The number of furan rings is 1. The normalized spacial score (nSPS) is 10.9. The van der Waals surface area contributed by atoms with Crippen LogP contribution in [0.15, 0.2) is 43.9 Å². The lowest BCUT2D eigenvalue weighted by atomic mass is 10.2. The van der Waals surface area contributed by atoms with Crippen molar-refractivity contribution in [3.8, 4) is 11.5 Å². The van der Waals surface area contributed by atoms with Crippen molar-refractivity contribution in [1.82, 2.24) is 5.16 Å². The summed E-state index contributed by atoms with van der Waals surface area (Å²) in [7, 11) is 0.